The van der Waals surface area contributed by atoms with Gasteiger partial charge < -0.3 is 4.74 Å². The van der Waals surface area contributed by atoms with Crippen LogP contribution in [-0.2, 0) is 6.42 Å². The van der Waals surface area contributed by atoms with Gasteiger partial charge in [-0.15, -0.1) is 24.8 Å². The Kier molecular flexibility index (Phi) is 10.5. The van der Waals surface area contributed by atoms with Gasteiger partial charge in [-0.1, -0.05) is 36.4 Å². The number of rotatable bonds is 6. The molecule has 1 saturated heterocycles. The number of methoxy groups -OCH3 is 1. The molecule has 0 aromatic heterocycles. The lowest BCUT2D eigenvalue weighted by atomic mass is 9.87. The van der Waals surface area contributed by atoms with E-state index in [9.17, 15) is 8.78 Å². The van der Waals surface area contributed by atoms with Gasteiger partial charge in [-0.05, 0) is 83.5 Å². The summed E-state index contributed by atoms with van der Waals surface area (Å²) in [4.78, 5) is 4.91. The van der Waals surface area contributed by atoms with Gasteiger partial charge in [0.05, 0.1) is 13.2 Å². The van der Waals surface area contributed by atoms with Crippen molar-refractivity contribution in [3.05, 3.63) is 107 Å². The van der Waals surface area contributed by atoms with E-state index in [2.05, 4.69) is 34.1 Å². The number of fused-ring (bicyclic) bond motifs is 1. The first kappa shape index (κ1) is 29.1. The lowest BCUT2D eigenvalue weighted by molar-refractivity contribution is 0.117. The third kappa shape index (κ3) is 6.91. The van der Waals surface area contributed by atoms with Crippen molar-refractivity contribution >= 4 is 30.4 Å². The first-order valence-corrected chi connectivity index (χ1v) is 12.4. The number of nitrogens with zero attached hydrogens (tertiary/aromatic N) is 2. The Hall–Kier alpha value is -2.44. The molecule has 1 aliphatic carbocycles. The molecular weight excluding hydrogens is 513 g/mol. The molecule has 0 radical (unpaired) electrons. The molecule has 0 amide bonds. The van der Waals surface area contributed by atoms with E-state index < -0.39 is 0 Å². The van der Waals surface area contributed by atoms with Crippen molar-refractivity contribution in [3.8, 4) is 5.75 Å². The van der Waals surface area contributed by atoms with E-state index in [1.165, 1.54) is 47.4 Å². The number of benzene rings is 3. The number of allylic oxidation sites excluding steroid dienone is 1. The summed E-state index contributed by atoms with van der Waals surface area (Å²) in [7, 11) is 1.72. The number of ether oxygens (including phenoxy) is 1. The van der Waals surface area contributed by atoms with Gasteiger partial charge in [0, 0.05) is 32.7 Å². The second-order valence-electron chi connectivity index (χ2n) is 9.45. The van der Waals surface area contributed by atoms with Crippen LogP contribution in [0.25, 0.3) is 5.57 Å². The van der Waals surface area contributed by atoms with Crippen LogP contribution in [0.2, 0.25) is 0 Å². The van der Waals surface area contributed by atoms with E-state index in [0.29, 0.717) is 0 Å². The molecule has 0 bridgehead atoms. The van der Waals surface area contributed by atoms with Gasteiger partial charge in [-0.2, -0.15) is 0 Å². The highest BCUT2D eigenvalue weighted by Gasteiger charge is 2.26. The molecule has 0 saturated carbocycles. The highest BCUT2D eigenvalue weighted by molar-refractivity contribution is 5.85. The molecule has 3 aromatic rings. The lowest BCUT2D eigenvalue weighted by Gasteiger charge is -2.39. The van der Waals surface area contributed by atoms with Crippen LogP contribution in [-0.4, -0.2) is 49.6 Å². The number of piperazine rings is 1. The summed E-state index contributed by atoms with van der Waals surface area (Å²) in [6.45, 7) is 4.62. The molecule has 1 heterocycles. The lowest BCUT2D eigenvalue weighted by Crippen LogP contribution is -2.47. The fourth-order valence-corrected chi connectivity index (χ4v) is 5.36. The van der Waals surface area contributed by atoms with Gasteiger partial charge in [0.25, 0.3) is 0 Å². The summed E-state index contributed by atoms with van der Waals surface area (Å²) in [5, 5.41) is 0. The zero-order valence-corrected chi connectivity index (χ0v) is 22.7. The smallest absolute Gasteiger partial charge is 0.123 e. The third-order valence-electron chi connectivity index (χ3n) is 7.29. The molecule has 0 unspecified atom stereocenters. The highest BCUT2D eigenvalue weighted by atomic mass is 35.5. The Bertz CT molecular complexity index is 1130. The number of hydrogen-bond donors (Lipinski definition) is 0. The van der Waals surface area contributed by atoms with E-state index in [4.69, 9.17) is 4.74 Å². The van der Waals surface area contributed by atoms with Crippen molar-refractivity contribution in [3.63, 3.8) is 0 Å². The molecule has 3 aromatic carbocycles. The normalized spacial score (nSPS) is 17.1. The number of aryl methyl sites for hydroxylation is 1. The minimum atomic E-state index is -0.244. The molecule has 1 fully saturated rings. The first-order valence-electron chi connectivity index (χ1n) is 12.4. The zero-order chi connectivity index (χ0) is 24.2. The molecular formula is C30H34Cl2F2N2O. The van der Waals surface area contributed by atoms with Crippen molar-refractivity contribution in [2.24, 2.45) is 0 Å². The monoisotopic (exact) mass is 546 g/mol. The summed E-state index contributed by atoms with van der Waals surface area (Å²) in [6, 6.07) is 19.8. The first-order chi connectivity index (χ1) is 17.1. The van der Waals surface area contributed by atoms with Crippen LogP contribution < -0.4 is 4.74 Å². The summed E-state index contributed by atoms with van der Waals surface area (Å²) in [5.74, 6) is 0.426. The summed E-state index contributed by atoms with van der Waals surface area (Å²) < 4.78 is 32.6. The van der Waals surface area contributed by atoms with Gasteiger partial charge in [-0.25, -0.2) is 8.78 Å². The number of halogens is 4. The van der Waals surface area contributed by atoms with Crippen LogP contribution in [0.5, 0.6) is 5.75 Å². The molecule has 37 heavy (non-hydrogen) atoms. The largest absolute Gasteiger partial charge is 0.497 e. The van der Waals surface area contributed by atoms with E-state index in [1.54, 1.807) is 7.11 Å². The van der Waals surface area contributed by atoms with Crippen LogP contribution in [0.3, 0.4) is 0 Å². The standard InChI is InChI=1S/C30H32F2N2O.2ClH/c1-35-28-14-9-22-3-2-4-23(29(22)21-28)15-16-33-17-19-34(20-18-33)30(24-5-10-26(31)11-6-24)25-7-12-27(32)13-8-25;;/h5-15,21,30H,2-4,16-20H2,1H3;2*1H. The maximum Gasteiger partial charge on any atom is 0.123 e. The average Bonchev–Trinajstić information content (AvgIpc) is 2.90. The highest BCUT2D eigenvalue weighted by Crippen LogP contribution is 2.34. The predicted molar refractivity (Wildman–Crippen MR) is 151 cm³/mol. The summed E-state index contributed by atoms with van der Waals surface area (Å²) in [5.41, 5.74) is 6.22. The van der Waals surface area contributed by atoms with Gasteiger partial charge in [-0.3, -0.25) is 9.80 Å². The van der Waals surface area contributed by atoms with Crippen LogP contribution in [0.1, 0.15) is 41.1 Å². The predicted octanol–water partition coefficient (Wildman–Crippen LogP) is 6.94. The van der Waals surface area contributed by atoms with Crippen molar-refractivity contribution in [2.75, 3.05) is 39.8 Å². The Morgan fingerprint density at radius 1 is 0.811 bits per heavy atom. The van der Waals surface area contributed by atoms with Crippen LogP contribution in [0.4, 0.5) is 8.78 Å². The van der Waals surface area contributed by atoms with E-state index >= 15 is 0 Å². The topological polar surface area (TPSA) is 15.7 Å². The van der Waals surface area contributed by atoms with E-state index in [-0.39, 0.29) is 42.5 Å². The summed E-state index contributed by atoms with van der Waals surface area (Å²) >= 11 is 0. The molecule has 0 N–H and O–H groups in total. The Morgan fingerprint density at radius 3 is 1.97 bits per heavy atom. The average molecular weight is 548 g/mol. The Balaban J connectivity index is 0.00000190. The van der Waals surface area contributed by atoms with Crippen LogP contribution in [0.15, 0.2) is 72.8 Å². The van der Waals surface area contributed by atoms with Gasteiger partial charge >= 0.3 is 0 Å². The van der Waals surface area contributed by atoms with Crippen LogP contribution >= 0.6 is 24.8 Å². The van der Waals surface area contributed by atoms with Gasteiger partial charge in [0.2, 0.25) is 0 Å². The second kappa shape index (κ2) is 13.4. The van der Waals surface area contributed by atoms with E-state index in [0.717, 1.165) is 62.4 Å². The van der Waals surface area contributed by atoms with Crippen molar-refractivity contribution in [1.29, 1.82) is 0 Å². The minimum absolute atomic E-state index is 0. The second-order valence-corrected chi connectivity index (χ2v) is 9.45. The third-order valence-corrected chi connectivity index (χ3v) is 7.29. The molecule has 1 aliphatic heterocycles. The molecule has 5 rings (SSSR count). The van der Waals surface area contributed by atoms with Gasteiger partial charge in [0.1, 0.15) is 17.4 Å². The maximum atomic E-state index is 13.6. The van der Waals surface area contributed by atoms with Crippen LogP contribution in [0, 0.1) is 11.6 Å². The molecule has 198 valence electrons. The minimum Gasteiger partial charge on any atom is -0.497 e. The Labute approximate surface area is 230 Å². The summed E-state index contributed by atoms with van der Waals surface area (Å²) in [6.07, 6.45) is 5.82. The Morgan fingerprint density at radius 2 is 1.41 bits per heavy atom. The number of hydrogen-bond acceptors (Lipinski definition) is 3. The van der Waals surface area contributed by atoms with E-state index in [1.807, 2.05) is 24.3 Å². The van der Waals surface area contributed by atoms with Crippen molar-refractivity contribution in [1.82, 2.24) is 9.80 Å². The molecule has 0 spiro atoms. The quantitative estimate of drug-likeness (QED) is 0.333. The fourth-order valence-electron chi connectivity index (χ4n) is 5.36. The fraction of sp³-hybridized carbons (Fsp3) is 0.333. The van der Waals surface area contributed by atoms with Gasteiger partial charge in [0.15, 0.2) is 0 Å². The zero-order valence-electron chi connectivity index (χ0n) is 21.0. The van der Waals surface area contributed by atoms with Crippen molar-refractivity contribution < 1.29 is 13.5 Å². The molecule has 3 nitrogen and oxygen atoms in total. The molecule has 0 atom stereocenters. The maximum absolute atomic E-state index is 13.6. The van der Waals surface area contributed by atoms with Crippen molar-refractivity contribution in [2.45, 2.75) is 25.3 Å². The molecule has 2 aliphatic rings. The SMILES string of the molecule is COc1ccc2c(c1)C(=CCN1CCN(C(c3ccc(F)cc3)c3ccc(F)cc3)CC1)CCC2.Cl.Cl. The molecule has 7 heteroatoms.